The molecule has 0 saturated heterocycles. The number of nitrogens with two attached hydrogens (primary N) is 1. The highest BCUT2D eigenvalue weighted by molar-refractivity contribution is 5.73. The van der Waals surface area contributed by atoms with Gasteiger partial charge in [0.1, 0.15) is 6.04 Å². The Kier molecular flexibility index (Phi) is 3.20. The lowest BCUT2D eigenvalue weighted by atomic mass is 10.0. The van der Waals surface area contributed by atoms with Crippen LogP contribution in [0.4, 0.5) is 0 Å². The zero-order valence-corrected chi connectivity index (χ0v) is 9.13. The smallest absolute Gasteiger partial charge is 0.320 e. The summed E-state index contributed by atoms with van der Waals surface area (Å²) in [4.78, 5) is 10.6. The summed E-state index contributed by atoms with van der Waals surface area (Å²) in [5.41, 5.74) is 8.31. The quantitative estimate of drug-likeness (QED) is 0.732. The van der Waals surface area contributed by atoms with Crippen LogP contribution in [-0.2, 0) is 11.2 Å². The highest BCUT2D eigenvalue weighted by atomic mass is 16.4. The van der Waals surface area contributed by atoms with Crippen molar-refractivity contribution in [3.63, 3.8) is 0 Å². The molecule has 0 bridgehead atoms. The summed E-state index contributed by atoms with van der Waals surface area (Å²) in [6.07, 6.45) is 2.02. The summed E-state index contributed by atoms with van der Waals surface area (Å²) in [6, 6.07) is 8.60. The van der Waals surface area contributed by atoms with Gasteiger partial charge in [-0.1, -0.05) is 24.3 Å². The standard InChI is InChI=1S/C12H13N3O2/c13-10(12(16)17)7-8-1-3-9(4-2-8)11-5-6-14-15-11/h1-6,10H,7,13H2,(H,14,15)(H,16,17). The summed E-state index contributed by atoms with van der Waals surface area (Å²) in [5.74, 6) is -0.984. The molecule has 1 unspecified atom stereocenters. The van der Waals surface area contributed by atoms with Crippen LogP contribution in [0.2, 0.25) is 0 Å². The number of hydrogen-bond acceptors (Lipinski definition) is 3. The molecule has 0 radical (unpaired) electrons. The van der Waals surface area contributed by atoms with Crippen molar-refractivity contribution < 1.29 is 9.90 Å². The van der Waals surface area contributed by atoms with Crippen LogP contribution in [0.5, 0.6) is 0 Å². The van der Waals surface area contributed by atoms with Crippen molar-refractivity contribution in [1.82, 2.24) is 10.2 Å². The molecule has 88 valence electrons. The Bertz CT molecular complexity index is 491. The van der Waals surface area contributed by atoms with E-state index in [-0.39, 0.29) is 0 Å². The molecule has 17 heavy (non-hydrogen) atoms. The van der Waals surface area contributed by atoms with Crippen LogP contribution in [-0.4, -0.2) is 27.3 Å². The van der Waals surface area contributed by atoms with E-state index in [1.165, 1.54) is 0 Å². The lowest BCUT2D eigenvalue weighted by Gasteiger charge is -2.06. The van der Waals surface area contributed by atoms with Crippen LogP contribution < -0.4 is 5.73 Å². The lowest BCUT2D eigenvalue weighted by Crippen LogP contribution is -2.32. The number of aromatic amines is 1. The number of nitrogens with one attached hydrogen (secondary N) is 1. The van der Waals surface area contributed by atoms with Crippen LogP contribution in [0.15, 0.2) is 36.5 Å². The van der Waals surface area contributed by atoms with Crippen molar-refractivity contribution in [2.24, 2.45) is 5.73 Å². The summed E-state index contributed by atoms with van der Waals surface area (Å²) >= 11 is 0. The van der Waals surface area contributed by atoms with Gasteiger partial charge in [-0.3, -0.25) is 9.89 Å². The number of carboxylic acids is 1. The van der Waals surface area contributed by atoms with Crippen molar-refractivity contribution >= 4 is 5.97 Å². The molecule has 5 nitrogen and oxygen atoms in total. The number of carbonyl (C=O) groups is 1. The normalized spacial score (nSPS) is 12.3. The SMILES string of the molecule is NC(Cc1ccc(-c2ccn[nH]2)cc1)C(=O)O. The van der Waals surface area contributed by atoms with Crippen molar-refractivity contribution in [1.29, 1.82) is 0 Å². The van der Waals surface area contributed by atoms with Crippen molar-refractivity contribution in [2.45, 2.75) is 12.5 Å². The second-order valence-corrected chi connectivity index (χ2v) is 3.82. The maximum atomic E-state index is 10.6. The number of aliphatic carboxylic acids is 1. The van der Waals surface area contributed by atoms with Gasteiger partial charge in [-0.05, 0) is 23.6 Å². The molecule has 2 aromatic rings. The van der Waals surface area contributed by atoms with Gasteiger partial charge < -0.3 is 10.8 Å². The third kappa shape index (κ3) is 2.70. The van der Waals surface area contributed by atoms with E-state index in [4.69, 9.17) is 10.8 Å². The highest BCUT2D eigenvalue weighted by Gasteiger charge is 2.11. The largest absolute Gasteiger partial charge is 0.480 e. The molecule has 4 N–H and O–H groups in total. The minimum atomic E-state index is -0.984. The Morgan fingerprint density at radius 2 is 2.06 bits per heavy atom. The van der Waals surface area contributed by atoms with Crippen LogP contribution in [0.3, 0.4) is 0 Å². The Balaban J connectivity index is 2.11. The zero-order chi connectivity index (χ0) is 12.3. The number of nitrogens with zero attached hydrogens (tertiary/aromatic N) is 1. The third-order valence-electron chi connectivity index (χ3n) is 2.54. The van der Waals surface area contributed by atoms with Crippen LogP contribution in [0.25, 0.3) is 11.3 Å². The van der Waals surface area contributed by atoms with Crippen LogP contribution in [0.1, 0.15) is 5.56 Å². The topological polar surface area (TPSA) is 92.0 Å². The molecule has 2 rings (SSSR count). The number of H-pyrrole nitrogens is 1. The lowest BCUT2D eigenvalue weighted by molar-refractivity contribution is -0.138. The first-order valence-electron chi connectivity index (χ1n) is 5.24. The molecular formula is C12H13N3O2. The van der Waals surface area contributed by atoms with Gasteiger partial charge in [-0.25, -0.2) is 0 Å². The molecule has 1 aromatic heterocycles. The Morgan fingerprint density at radius 1 is 1.35 bits per heavy atom. The predicted molar refractivity (Wildman–Crippen MR) is 63.3 cm³/mol. The number of aromatic nitrogens is 2. The maximum Gasteiger partial charge on any atom is 0.320 e. The Hall–Kier alpha value is -2.14. The molecule has 0 aliphatic rings. The first-order chi connectivity index (χ1) is 8.16. The highest BCUT2D eigenvalue weighted by Crippen LogP contribution is 2.17. The van der Waals surface area contributed by atoms with Gasteiger partial charge >= 0.3 is 5.97 Å². The summed E-state index contributed by atoms with van der Waals surface area (Å²) < 4.78 is 0. The van der Waals surface area contributed by atoms with E-state index in [9.17, 15) is 4.79 Å². The van der Waals surface area contributed by atoms with Gasteiger partial charge in [0.2, 0.25) is 0 Å². The average molecular weight is 231 g/mol. The molecule has 0 fully saturated rings. The maximum absolute atomic E-state index is 10.6. The van der Waals surface area contributed by atoms with Gasteiger partial charge in [0.15, 0.2) is 0 Å². The van der Waals surface area contributed by atoms with E-state index in [0.29, 0.717) is 6.42 Å². The van der Waals surface area contributed by atoms with E-state index in [1.54, 1.807) is 6.20 Å². The van der Waals surface area contributed by atoms with E-state index >= 15 is 0 Å². The second-order valence-electron chi connectivity index (χ2n) is 3.82. The molecule has 1 aromatic carbocycles. The van der Waals surface area contributed by atoms with E-state index in [0.717, 1.165) is 16.8 Å². The van der Waals surface area contributed by atoms with Gasteiger partial charge in [-0.15, -0.1) is 0 Å². The molecule has 5 heteroatoms. The monoisotopic (exact) mass is 231 g/mol. The van der Waals surface area contributed by atoms with E-state index in [1.807, 2.05) is 30.3 Å². The summed E-state index contributed by atoms with van der Waals surface area (Å²) in [6.45, 7) is 0. The first kappa shape index (κ1) is 11.3. The molecular weight excluding hydrogens is 218 g/mol. The van der Waals surface area contributed by atoms with Crippen molar-refractivity contribution in [2.75, 3.05) is 0 Å². The van der Waals surface area contributed by atoms with Gasteiger partial charge in [0.25, 0.3) is 0 Å². The molecule has 0 spiro atoms. The van der Waals surface area contributed by atoms with E-state index in [2.05, 4.69) is 10.2 Å². The molecule has 0 aliphatic carbocycles. The number of hydrogen-bond donors (Lipinski definition) is 3. The molecule has 1 atom stereocenters. The van der Waals surface area contributed by atoms with Crippen molar-refractivity contribution in [3.8, 4) is 11.3 Å². The second kappa shape index (κ2) is 4.80. The van der Waals surface area contributed by atoms with Crippen LogP contribution >= 0.6 is 0 Å². The van der Waals surface area contributed by atoms with Crippen molar-refractivity contribution in [3.05, 3.63) is 42.1 Å². The minimum absolute atomic E-state index is 0.332. The number of carboxylic acid groups (broad SMARTS) is 1. The number of rotatable bonds is 4. The Labute approximate surface area is 98.3 Å². The van der Waals surface area contributed by atoms with E-state index < -0.39 is 12.0 Å². The fourth-order valence-electron chi connectivity index (χ4n) is 1.58. The number of benzene rings is 1. The predicted octanol–water partition coefficient (Wildman–Crippen LogP) is 1.03. The molecule has 0 amide bonds. The summed E-state index contributed by atoms with van der Waals surface area (Å²) in [5, 5.41) is 15.4. The van der Waals surface area contributed by atoms with Gasteiger partial charge in [0, 0.05) is 6.20 Å². The molecule has 1 heterocycles. The summed E-state index contributed by atoms with van der Waals surface area (Å²) in [7, 11) is 0. The molecule has 0 aliphatic heterocycles. The average Bonchev–Trinajstić information content (AvgIpc) is 2.83. The fourth-order valence-corrected chi connectivity index (χ4v) is 1.58. The minimum Gasteiger partial charge on any atom is -0.480 e. The molecule has 0 saturated carbocycles. The van der Waals surface area contributed by atoms with Gasteiger partial charge in [0.05, 0.1) is 5.69 Å². The first-order valence-corrected chi connectivity index (χ1v) is 5.24. The third-order valence-corrected chi connectivity index (χ3v) is 2.54. The zero-order valence-electron chi connectivity index (χ0n) is 9.13. The fraction of sp³-hybridized carbons (Fsp3) is 0.167. The Morgan fingerprint density at radius 3 is 2.59 bits per heavy atom. The van der Waals surface area contributed by atoms with Crippen LogP contribution in [0, 0.1) is 0 Å². The van der Waals surface area contributed by atoms with Gasteiger partial charge in [-0.2, -0.15) is 5.10 Å².